The second kappa shape index (κ2) is 5.33. The first-order chi connectivity index (χ1) is 5.83. The summed E-state index contributed by atoms with van der Waals surface area (Å²) in [7, 11) is 0. The maximum Gasteiger partial charge on any atom is 0.0468 e. The fourth-order valence-electron chi connectivity index (χ4n) is 1.40. The molecule has 0 bridgehead atoms. The number of rotatable bonds is 4. The highest BCUT2D eigenvalue weighted by Crippen LogP contribution is 2.10. The quantitative estimate of drug-likeness (QED) is 0.622. The molecule has 0 fully saturated rings. The third kappa shape index (κ3) is 3.37. The minimum atomic E-state index is 0.281. The summed E-state index contributed by atoms with van der Waals surface area (Å²) in [6, 6.07) is 0.549. The third-order valence-corrected chi connectivity index (χ3v) is 2.29. The number of aliphatic hydroxyl groups excluding tert-OH is 1. The number of allylic oxidation sites excluding steroid dienone is 1. The Bertz CT molecular complexity index is 145. The smallest absolute Gasteiger partial charge is 0.0468 e. The molecule has 70 valence electrons. The zero-order chi connectivity index (χ0) is 8.81. The lowest BCUT2D eigenvalue weighted by Crippen LogP contribution is -2.33. The molecule has 0 heterocycles. The minimum absolute atomic E-state index is 0.281. The second-order valence-corrected chi connectivity index (χ2v) is 3.66. The van der Waals surface area contributed by atoms with Crippen LogP contribution in [0.1, 0.15) is 26.2 Å². The van der Waals surface area contributed by atoms with Gasteiger partial charge in [0.15, 0.2) is 0 Å². The molecule has 0 aromatic rings. The van der Waals surface area contributed by atoms with Crippen LogP contribution in [0.15, 0.2) is 12.2 Å². The van der Waals surface area contributed by atoms with Crippen molar-refractivity contribution >= 4 is 0 Å². The Kier molecular flexibility index (Phi) is 4.33. The van der Waals surface area contributed by atoms with Crippen molar-refractivity contribution in [2.45, 2.75) is 32.2 Å². The average molecular weight is 169 g/mol. The molecule has 0 spiro atoms. The van der Waals surface area contributed by atoms with Gasteiger partial charge in [-0.3, -0.25) is 0 Å². The Morgan fingerprint density at radius 1 is 1.67 bits per heavy atom. The van der Waals surface area contributed by atoms with Gasteiger partial charge < -0.3 is 10.4 Å². The van der Waals surface area contributed by atoms with Gasteiger partial charge in [-0.05, 0) is 25.2 Å². The van der Waals surface area contributed by atoms with Gasteiger partial charge in [0.1, 0.15) is 0 Å². The first-order valence-corrected chi connectivity index (χ1v) is 4.84. The topological polar surface area (TPSA) is 32.3 Å². The van der Waals surface area contributed by atoms with Crippen molar-refractivity contribution in [3.05, 3.63) is 12.2 Å². The summed E-state index contributed by atoms with van der Waals surface area (Å²) >= 11 is 0. The Labute approximate surface area is 74.7 Å². The summed E-state index contributed by atoms with van der Waals surface area (Å²) in [4.78, 5) is 0. The van der Waals surface area contributed by atoms with E-state index in [9.17, 15) is 0 Å². The van der Waals surface area contributed by atoms with Gasteiger partial charge in [-0.1, -0.05) is 19.1 Å². The van der Waals surface area contributed by atoms with Crippen molar-refractivity contribution in [1.82, 2.24) is 5.32 Å². The van der Waals surface area contributed by atoms with Gasteiger partial charge in [0.2, 0.25) is 0 Å². The standard InChI is InChI=1S/C10H19NO/c1-9(8-12)7-11-10-5-3-2-4-6-10/h3,5,9-12H,2,4,6-8H2,1H3. The highest BCUT2D eigenvalue weighted by Gasteiger charge is 2.08. The SMILES string of the molecule is CC(CO)CNC1C=CCCC1. The maximum absolute atomic E-state index is 8.81. The van der Waals surface area contributed by atoms with Crippen LogP contribution in [0.5, 0.6) is 0 Å². The second-order valence-electron chi connectivity index (χ2n) is 3.66. The molecule has 0 amide bonds. The van der Waals surface area contributed by atoms with Gasteiger partial charge in [-0.15, -0.1) is 0 Å². The highest BCUT2D eigenvalue weighted by molar-refractivity contribution is 4.97. The van der Waals surface area contributed by atoms with Crippen molar-refractivity contribution < 1.29 is 5.11 Å². The molecule has 0 aromatic carbocycles. The Balaban J connectivity index is 2.13. The van der Waals surface area contributed by atoms with Gasteiger partial charge in [0.05, 0.1) is 0 Å². The summed E-state index contributed by atoms with van der Waals surface area (Å²) in [6.45, 7) is 3.26. The van der Waals surface area contributed by atoms with E-state index in [-0.39, 0.29) is 6.61 Å². The third-order valence-electron chi connectivity index (χ3n) is 2.29. The molecule has 0 aliphatic heterocycles. The lowest BCUT2D eigenvalue weighted by molar-refractivity contribution is 0.231. The van der Waals surface area contributed by atoms with Gasteiger partial charge in [-0.2, -0.15) is 0 Å². The minimum Gasteiger partial charge on any atom is -0.396 e. The lowest BCUT2D eigenvalue weighted by atomic mass is 10.0. The van der Waals surface area contributed by atoms with E-state index in [0.29, 0.717) is 12.0 Å². The molecule has 0 radical (unpaired) electrons. The van der Waals surface area contributed by atoms with Gasteiger partial charge in [0, 0.05) is 19.2 Å². The van der Waals surface area contributed by atoms with Crippen LogP contribution < -0.4 is 5.32 Å². The fraction of sp³-hybridized carbons (Fsp3) is 0.800. The van der Waals surface area contributed by atoms with Crippen LogP contribution in [0.4, 0.5) is 0 Å². The fourth-order valence-corrected chi connectivity index (χ4v) is 1.40. The number of aliphatic hydroxyl groups is 1. The van der Waals surface area contributed by atoms with E-state index in [0.717, 1.165) is 6.54 Å². The summed E-state index contributed by atoms with van der Waals surface area (Å²) in [6.07, 6.45) is 8.25. The van der Waals surface area contributed by atoms with Crippen molar-refractivity contribution in [3.8, 4) is 0 Å². The van der Waals surface area contributed by atoms with Crippen LogP contribution >= 0.6 is 0 Å². The molecule has 12 heavy (non-hydrogen) atoms. The zero-order valence-corrected chi connectivity index (χ0v) is 7.79. The first kappa shape index (κ1) is 9.75. The monoisotopic (exact) mass is 169 g/mol. The van der Waals surface area contributed by atoms with Crippen molar-refractivity contribution in [3.63, 3.8) is 0 Å². The van der Waals surface area contributed by atoms with Gasteiger partial charge in [-0.25, -0.2) is 0 Å². The summed E-state index contributed by atoms with van der Waals surface area (Å²) in [5.41, 5.74) is 0. The molecule has 2 atom stereocenters. The molecule has 2 N–H and O–H groups in total. The lowest BCUT2D eigenvalue weighted by Gasteiger charge is -2.19. The normalized spacial score (nSPS) is 25.7. The summed E-state index contributed by atoms with van der Waals surface area (Å²) in [5, 5.41) is 12.2. The summed E-state index contributed by atoms with van der Waals surface area (Å²) in [5.74, 6) is 0.375. The molecule has 2 unspecified atom stereocenters. The van der Waals surface area contributed by atoms with Crippen LogP contribution in [0.25, 0.3) is 0 Å². The highest BCUT2D eigenvalue weighted by atomic mass is 16.3. The maximum atomic E-state index is 8.81. The van der Waals surface area contributed by atoms with Crippen molar-refractivity contribution in [2.24, 2.45) is 5.92 Å². The van der Waals surface area contributed by atoms with Crippen LogP contribution in [0, 0.1) is 5.92 Å². The van der Waals surface area contributed by atoms with E-state index < -0.39 is 0 Å². The van der Waals surface area contributed by atoms with E-state index in [4.69, 9.17) is 5.11 Å². The molecule has 0 saturated heterocycles. The van der Waals surface area contributed by atoms with E-state index in [1.807, 2.05) is 0 Å². The Hall–Kier alpha value is -0.340. The molecule has 1 aliphatic carbocycles. The predicted molar refractivity (Wildman–Crippen MR) is 51.0 cm³/mol. The predicted octanol–water partition coefficient (Wildman–Crippen LogP) is 1.31. The Morgan fingerprint density at radius 3 is 3.08 bits per heavy atom. The number of hydrogen-bond donors (Lipinski definition) is 2. The Morgan fingerprint density at radius 2 is 2.50 bits per heavy atom. The van der Waals surface area contributed by atoms with Gasteiger partial charge >= 0.3 is 0 Å². The van der Waals surface area contributed by atoms with E-state index >= 15 is 0 Å². The van der Waals surface area contributed by atoms with Crippen molar-refractivity contribution in [2.75, 3.05) is 13.2 Å². The largest absolute Gasteiger partial charge is 0.396 e. The molecule has 1 rings (SSSR count). The van der Waals surface area contributed by atoms with Crippen LogP contribution in [0.3, 0.4) is 0 Å². The van der Waals surface area contributed by atoms with Crippen LogP contribution in [-0.2, 0) is 0 Å². The zero-order valence-electron chi connectivity index (χ0n) is 7.79. The van der Waals surface area contributed by atoms with Crippen molar-refractivity contribution in [1.29, 1.82) is 0 Å². The van der Waals surface area contributed by atoms with E-state index in [1.54, 1.807) is 0 Å². The average Bonchev–Trinajstić information content (AvgIpc) is 2.16. The molecular weight excluding hydrogens is 150 g/mol. The molecule has 0 aromatic heterocycles. The first-order valence-electron chi connectivity index (χ1n) is 4.84. The molecule has 1 aliphatic rings. The van der Waals surface area contributed by atoms with Crippen LogP contribution in [0.2, 0.25) is 0 Å². The van der Waals surface area contributed by atoms with Gasteiger partial charge in [0.25, 0.3) is 0 Å². The molecular formula is C10H19NO. The number of hydrogen-bond acceptors (Lipinski definition) is 2. The van der Waals surface area contributed by atoms with E-state index in [1.165, 1.54) is 19.3 Å². The molecule has 2 nitrogen and oxygen atoms in total. The number of nitrogens with one attached hydrogen (secondary N) is 1. The molecule has 2 heteroatoms. The van der Waals surface area contributed by atoms with Crippen LogP contribution in [-0.4, -0.2) is 24.3 Å². The van der Waals surface area contributed by atoms with E-state index in [2.05, 4.69) is 24.4 Å². The molecule has 0 saturated carbocycles. The summed E-state index contributed by atoms with van der Waals surface area (Å²) < 4.78 is 0.